The lowest BCUT2D eigenvalue weighted by Crippen LogP contribution is -2.50. The van der Waals surface area contributed by atoms with Crippen LogP contribution in [0, 0.1) is 0 Å². The summed E-state index contributed by atoms with van der Waals surface area (Å²) in [6.45, 7) is 5.00. The molecular weight excluding hydrogens is 348 g/mol. The molecule has 5 heteroatoms. The number of piperazine rings is 1. The number of carbonyl (C=O) groups excluding carboxylic acids is 1. The highest BCUT2D eigenvalue weighted by Gasteiger charge is 2.19. The van der Waals surface area contributed by atoms with E-state index in [9.17, 15) is 4.79 Å². The Balaban J connectivity index is 1.42. The van der Waals surface area contributed by atoms with Gasteiger partial charge in [-0.25, -0.2) is 4.98 Å². The van der Waals surface area contributed by atoms with Gasteiger partial charge in [-0.05, 0) is 42.3 Å². The molecule has 2 heterocycles. The van der Waals surface area contributed by atoms with E-state index < -0.39 is 0 Å². The predicted molar refractivity (Wildman–Crippen MR) is 114 cm³/mol. The highest BCUT2D eigenvalue weighted by atomic mass is 16.1. The second-order valence-corrected chi connectivity index (χ2v) is 7.05. The van der Waals surface area contributed by atoms with Crippen molar-refractivity contribution in [2.45, 2.75) is 13.0 Å². The summed E-state index contributed by atoms with van der Waals surface area (Å²) < 4.78 is 0. The molecule has 5 nitrogen and oxygen atoms in total. The molecule has 1 amide bonds. The Morgan fingerprint density at radius 3 is 2.46 bits per heavy atom. The van der Waals surface area contributed by atoms with Crippen LogP contribution in [0.25, 0.3) is 11.1 Å². The van der Waals surface area contributed by atoms with E-state index in [1.165, 1.54) is 0 Å². The van der Waals surface area contributed by atoms with Crippen LogP contribution in [0.1, 0.15) is 17.3 Å². The summed E-state index contributed by atoms with van der Waals surface area (Å²) in [6, 6.07) is 22.2. The first-order chi connectivity index (χ1) is 13.7. The number of nitrogens with one attached hydrogen (secondary N) is 2. The van der Waals surface area contributed by atoms with E-state index in [1.54, 1.807) is 6.20 Å². The Kier molecular flexibility index (Phi) is 5.35. The first-order valence-electron chi connectivity index (χ1n) is 9.61. The number of aromatic nitrogens is 1. The fraction of sp³-hybridized carbons (Fsp3) is 0.217. The third kappa shape index (κ3) is 4.05. The summed E-state index contributed by atoms with van der Waals surface area (Å²) in [5.41, 5.74) is 3.60. The number of hydrogen-bond acceptors (Lipinski definition) is 4. The molecule has 2 aromatic carbocycles. The van der Waals surface area contributed by atoms with E-state index in [4.69, 9.17) is 0 Å². The second-order valence-electron chi connectivity index (χ2n) is 7.05. The van der Waals surface area contributed by atoms with Crippen LogP contribution in [0.3, 0.4) is 0 Å². The molecule has 28 heavy (non-hydrogen) atoms. The van der Waals surface area contributed by atoms with E-state index in [1.807, 2.05) is 54.6 Å². The maximum absolute atomic E-state index is 12.5. The van der Waals surface area contributed by atoms with Crippen LogP contribution in [0.15, 0.2) is 72.9 Å². The van der Waals surface area contributed by atoms with E-state index in [0.717, 1.165) is 42.3 Å². The van der Waals surface area contributed by atoms with Crippen molar-refractivity contribution in [3.63, 3.8) is 0 Å². The molecule has 1 aliphatic heterocycles. The topological polar surface area (TPSA) is 57.3 Å². The van der Waals surface area contributed by atoms with Crippen molar-refractivity contribution in [3.8, 4) is 11.1 Å². The Morgan fingerprint density at radius 2 is 1.79 bits per heavy atom. The van der Waals surface area contributed by atoms with Gasteiger partial charge in [-0.2, -0.15) is 0 Å². The quantitative estimate of drug-likeness (QED) is 0.731. The molecule has 0 bridgehead atoms. The van der Waals surface area contributed by atoms with E-state index in [0.29, 0.717) is 11.6 Å². The van der Waals surface area contributed by atoms with Crippen molar-refractivity contribution in [1.82, 2.24) is 10.3 Å². The van der Waals surface area contributed by atoms with Gasteiger partial charge in [0.25, 0.3) is 5.91 Å². The Morgan fingerprint density at radius 1 is 1.04 bits per heavy atom. The van der Waals surface area contributed by atoms with Crippen molar-refractivity contribution >= 4 is 17.4 Å². The van der Waals surface area contributed by atoms with Gasteiger partial charge in [0.15, 0.2) is 0 Å². The number of rotatable bonds is 4. The minimum absolute atomic E-state index is 0.153. The van der Waals surface area contributed by atoms with Gasteiger partial charge in [-0.1, -0.05) is 42.5 Å². The third-order valence-electron chi connectivity index (χ3n) is 5.06. The first kappa shape index (κ1) is 18.2. The SMILES string of the molecule is C[C@@H]1CNCCN1c1ccc(C(=O)Nc2ccc(-c3ccccc3)cc2)cn1. The lowest BCUT2D eigenvalue weighted by atomic mass is 10.1. The van der Waals surface area contributed by atoms with Gasteiger partial charge in [0, 0.05) is 37.6 Å². The largest absolute Gasteiger partial charge is 0.351 e. The van der Waals surface area contributed by atoms with Crippen molar-refractivity contribution in [2.24, 2.45) is 0 Å². The Labute approximate surface area is 165 Å². The minimum Gasteiger partial charge on any atom is -0.351 e. The molecule has 1 fully saturated rings. The fourth-order valence-electron chi connectivity index (χ4n) is 3.45. The van der Waals surface area contributed by atoms with Gasteiger partial charge in [0.05, 0.1) is 5.56 Å². The lowest BCUT2D eigenvalue weighted by Gasteiger charge is -2.34. The average Bonchev–Trinajstić information content (AvgIpc) is 2.75. The summed E-state index contributed by atoms with van der Waals surface area (Å²) in [4.78, 5) is 19.3. The highest BCUT2D eigenvalue weighted by molar-refractivity contribution is 6.04. The van der Waals surface area contributed by atoms with E-state index in [-0.39, 0.29) is 5.91 Å². The molecule has 0 spiro atoms. The smallest absolute Gasteiger partial charge is 0.257 e. The molecule has 2 N–H and O–H groups in total. The van der Waals surface area contributed by atoms with Crippen LogP contribution in [-0.4, -0.2) is 36.6 Å². The maximum atomic E-state index is 12.5. The number of amides is 1. The first-order valence-corrected chi connectivity index (χ1v) is 9.61. The number of carbonyl (C=O) groups is 1. The zero-order chi connectivity index (χ0) is 19.3. The van der Waals surface area contributed by atoms with Gasteiger partial charge in [-0.15, -0.1) is 0 Å². The minimum atomic E-state index is -0.153. The summed E-state index contributed by atoms with van der Waals surface area (Å²) in [5, 5.41) is 6.31. The molecule has 1 saturated heterocycles. The molecule has 0 unspecified atom stereocenters. The number of hydrogen-bond donors (Lipinski definition) is 2. The van der Waals surface area contributed by atoms with Gasteiger partial charge < -0.3 is 15.5 Å². The second kappa shape index (κ2) is 8.23. The number of nitrogens with zero attached hydrogens (tertiary/aromatic N) is 2. The van der Waals surface area contributed by atoms with Crippen molar-refractivity contribution in [2.75, 3.05) is 29.9 Å². The van der Waals surface area contributed by atoms with Crippen molar-refractivity contribution in [3.05, 3.63) is 78.5 Å². The summed E-state index contributed by atoms with van der Waals surface area (Å²) in [5.74, 6) is 0.762. The third-order valence-corrected chi connectivity index (χ3v) is 5.06. The lowest BCUT2D eigenvalue weighted by molar-refractivity contribution is 0.102. The summed E-state index contributed by atoms with van der Waals surface area (Å²) >= 11 is 0. The van der Waals surface area contributed by atoms with Gasteiger partial charge >= 0.3 is 0 Å². The van der Waals surface area contributed by atoms with Crippen molar-refractivity contribution < 1.29 is 4.79 Å². The molecule has 1 aliphatic rings. The van der Waals surface area contributed by atoms with Crippen LogP contribution < -0.4 is 15.5 Å². The van der Waals surface area contributed by atoms with E-state index >= 15 is 0 Å². The summed E-state index contributed by atoms with van der Waals surface area (Å²) in [7, 11) is 0. The molecule has 4 rings (SSSR count). The molecule has 1 aromatic heterocycles. The van der Waals surface area contributed by atoms with Crippen LogP contribution in [0.5, 0.6) is 0 Å². The van der Waals surface area contributed by atoms with Crippen LogP contribution in [0.4, 0.5) is 11.5 Å². The molecule has 0 radical (unpaired) electrons. The Hall–Kier alpha value is -3.18. The predicted octanol–water partition coefficient (Wildman–Crippen LogP) is 3.80. The standard InChI is InChI=1S/C23H24N4O/c1-17-15-24-13-14-27(17)22-12-9-20(16-25-22)23(28)26-21-10-7-19(8-11-21)18-5-3-2-4-6-18/h2-12,16-17,24H,13-15H2,1H3,(H,26,28)/t17-/m1/s1. The van der Waals surface area contributed by atoms with Crippen LogP contribution in [-0.2, 0) is 0 Å². The number of anilines is 2. The van der Waals surface area contributed by atoms with Gasteiger partial charge in [0.1, 0.15) is 5.82 Å². The Bertz CT molecular complexity index is 923. The van der Waals surface area contributed by atoms with E-state index in [2.05, 4.69) is 39.6 Å². The molecule has 0 aliphatic carbocycles. The molecule has 3 aromatic rings. The molecular formula is C23H24N4O. The zero-order valence-corrected chi connectivity index (χ0v) is 15.9. The highest BCUT2D eigenvalue weighted by Crippen LogP contribution is 2.21. The number of benzene rings is 2. The monoisotopic (exact) mass is 372 g/mol. The molecule has 142 valence electrons. The van der Waals surface area contributed by atoms with Gasteiger partial charge in [-0.3, -0.25) is 4.79 Å². The zero-order valence-electron chi connectivity index (χ0n) is 15.9. The normalized spacial score (nSPS) is 16.6. The molecule has 1 atom stereocenters. The summed E-state index contributed by atoms with van der Waals surface area (Å²) in [6.07, 6.45) is 1.65. The van der Waals surface area contributed by atoms with Gasteiger partial charge in [0.2, 0.25) is 0 Å². The van der Waals surface area contributed by atoms with Crippen LogP contribution in [0.2, 0.25) is 0 Å². The average molecular weight is 372 g/mol. The maximum Gasteiger partial charge on any atom is 0.257 e. The van der Waals surface area contributed by atoms with Crippen LogP contribution >= 0.6 is 0 Å². The van der Waals surface area contributed by atoms with Crippen molar-refractivity contribution in [1.29, 1.82) is 0 Å². The fourth-order valence-corrected chi connectivity index (χ4v) is 3.45. The number of pyridine rings is 1. The molecule has 0 saturated carbocycles.